The van der Waals surface area contributed by atoms with Crippen molar-refractivity contribution in [1.82, 2.24) is 19.2 Å². The number of rotatable bonds is 5. The Morgan fingerprint density at radius 2 is 1.96 bits per heavy atom. The van der Waals surface area contributed by atoms with Crippen LogP contribution in [0.1, 0.15) is 37.1 Å². The SMILES string of the molecule is CCn1c(C2CCN(CC#N)CC2)nn(Cc2ccccc2)c1=O. The molecule has 6 heteroatoms. The molecule has 0 atom stereocenters. The fraction of sp³-hybridized carbons (Fsp3) is 0.500. The molecule has 0 saturated carbocycles. The molecule has 1 fully saturated rings. The molecule has 0 aliphatic carbocycles. The van der Waals surface area contributed by atoms with Crippen molar-refractivity contribution < 1.29 is 0 Å². The Hall–Kier alpha value is -2.39. The van der Waals surface area contributed by atoms with Gasteiger partial charge in [-0.15, -0.1) is 0 Å². The molecule has 0 bridgehead atoms. The van der Waals surface area contributed by atoms with Crippen LogP contribution in [0.15, 0.2) is 35.1 Å². The van der Waals surface area contributed by atoms with Crippen LogP contribution in [-0.2, 0) is 13.1 Å². The first-order valence-electron chi connectivity index (χ1n) is 8.53. The van der Waals surface area contributed by atoms with Crippen molar-refractivity contribution in [3.05, 3.63) is 52.2 Å². The molecule has 0 N–H and O–H groups in total. The Kier molecular flexibility index (Phi) is 5.11. The zero-order valence-corrected chi connectivity index (χ0v) is 14.1. The number of benzene rings is 1. The summed E-state index contributed by atoms with van der Waals surface area (Å²) in [6.45, 7) is 5.40. The molecule has 126 valence electrons. The number of hydrogen-bond acceptors (Lipinski definition) is 4. The molecule has 0 unspecified atom stereocenters. The molecule has 2 aromatic rings. The molecule has 0 spiro atoms. The topological polar surface area (TPSA) is 66.8 Å². The Bertz CT molecular complexity index is 763. The molecule has 3 rings (SSSR count). The molecule has 0 radical (unpaired) electrons. The highest BCUT2D eigenvalue weighted by Crippen LogP contribution is 2.26. The number of nitriles is 1. The lowest BCUT2D eigenvalue weighted by Crippen LogP contribution is -2.34. The third-order valence-electron chi connectivity index (χ3n) is 4.69. The van der Waals surface area contributed by atoms with Gasteiger partial charge in [0.15, 0.2) is 0 Å². The number of hydrogen-bond donors (Lipinski definition) is 0. The molecule has 1 aliphatic heterocycles. The van der Waals surface area contributed by atoms with Crippen LogP contribution >= 0.6 is 0 Å². The third-order valence-corrected chi connectivity index (χ3v) is 4.69. The summed E-state index contributed by atoms with van der Waals surface area (Å²) in [5.41, 5.74) is 1.05. The smallest absolute Gasteiger partial charge is 0.291 e. The monoisotopic (exact) mass is 325 g/mol. The fourth-order valence-corrected chi connectivity index (χ4v) is 3.37. The predicted molar refractivity (Wildman–Crippen MR) is 91.7 cm³/mol. The van der Waals surface area contributed by atoms with E-state index in [1.807, 2.05) is 37.3 Å². The number of likely N-dealkylation sites (tertiary alicyclic amines) is 1. The van der Waals surface area contributed by atoms with Crippen LogP contribution in [0.5, 0.6) is 0 Å². The zero-order chi connectivity index (χ0) is 16.9. The van der Waals surface area contributed by atoms with Gasteiger partial charge in [0.25, 0.3) is 0 Å². The first kappa shape index (κ1) is 16.5. The molecular weight excluding hydrogens is 302 g/mol. The summed E-state index contributed by atoms with van der Waals surface area (Å²) in [6, 6.07) is 12.1. The summed E-state index contributed by atoms with van der Waals surface area (Å²) in [7, 11) is 0. The summed E-state index contributed by atoms with van der Waals surface area (Å²) in [5.74, 6) is 1.19. The van der Waals surface area contributed by atoms with Crippen molar-refractivity contribution in [2.75, 3.05) is 19.6 Å². The molecule has 1 saturated heterocycles. The molecular formula is C18H23N5O. The van der Waals surface area contributed by atoms with E-state index in [-0.39, 0.29) is 5.69 Å². The van der Waals surface area contributed by atoms with Crippen molar-refractivity contribution in [1.29, 1.82) is 5.26 Å². The lowest BCUT2D eigenvalue weighted by Gasteiger charge is -2.29. The highest BCUT2D eigenvalue weighted by atomic mass is 16.2. The van der Waals surface area contributed by atoms with E-state index in [4.69, 9.17) is 5.26 Å². The first-order chi connectivity index (χ1) is 11.7. The largest absolute Gasteiger partial charge is 0.346 e. The Labute approximate surface area is 141 Å². The van der Waals surface area contributed by atoms with Crippen molar-refractivity contribution in [3.8, 4) is 6.07 Å². The predicted octanol–water partition coefficient (Wildman–Crippen LogP) is 1.82. The molecule has 6 nitrogen and oxygen atoms in total. The second-order valence-electron chi connectivity index (χ2n) is 6.24. The maximum Gasteiger partial charge on any atom is 0.346 e. The summed E-state index contributed by atoms with van der Waals surface area (Å²) >= 11 is 0. The maximum atomic E-state index is 12.6. The van der Waals surface area contributed by atoms with Gasteiger partial charge < -0.3 is 0 Å². The van der Waals surface area contributed by atoms with Crippen LogP contribution < -0.4 is 5.69 Å². The summed E-state index contributed by atoms with van der Waals surface area (Å²) in [4.78, 5) is 14.8. The third kappa shape index (κ3) is 3.41. The molecule has 1 aromatic carbocycles. The van der Waals surface area contributed by atoms with Crippen LogP contribution in [0.3, 0.4) is 0 Å². The van der Waals surface area contributed by atoms with Crippen molar-refractivity contribution in [2.24, 2.45) is 0 Å². The summed E-state index contributed by atoms with van der Waals surface area (Å²) in [6.07, 6.45) is 1.90. The van der Waals surface area contributed by atoms with Gasteiger partial charge in [0.2, 0.25) is 0 Å². The van der Waals surface area contributed by atoms with Crippen molar-refractivity contribution in [3.63, 3.8) is 0 Å². The average molecular weight is 325 g/mol. The van der Waals surface area contributed by atoms with Gasteiger partial charge in [0, 0.05) is 12.5 Å². The quantitative estimate of drug-likeness (QED) is 0.787. The van der Waals surface area contributed by atoms with E-state index in [1.54, 1.807) is 9.25 Å². The maximum absolute atomic E-state index is 12.6. The lowest BCUT2D eigenvalue weighted by molar-refractivity contribution is 0.229. The van der Waals surface area contributed by atoms with E-state index in [0.29, 0.717) is 25.6 Å². The van der Waals surface area contributed by atoms with E-state index in [1.165, 1.54) is 0 Å². The van der Waals surface area contributed by atoms with Gasteiger partial charge in [0.05, 0.1) is 19.2 Å². The van der Waals surface area contributed by atoms with Gasteiger partial charge in [-0.3, -0.25) is 9.47 Å². The van der Waals surface area contributed by atoms with Crippen molar-refractivity contribution in [2.45, 2.75) is 38.8 Å². The zero-order valence-electron chi connectivity index (χ0n) is 14.1. The van der Waals surface area contributed by atoms with Gasteiger partial charge in [-0.2, -0.15) is 10.4 Å². The van der Waals surface area contributed by atoms with E-state index in [0.717, 1.165) is 37.3 Å². The average Bonchev–Trinajstić information content (AvgIpc) is 2.92. The van der Waals surface area contributed by atoms with Crippen LogP contribution in [-0.4, -0.2) is 38.9 Å². The number of nitrogens with zero attached hydrogens (tertiary/aromatic N) is 5. The van der Waals surface area contributed by atoms with Crippen molar-refractivity contribution >= 4 is 0 Å². The van der Waals surface area contributed by atoms with Gasteiger partial charge >= 0.3 is 5.69 Å². The fourth-order valence-electron chi connectivity index (χ4n) is 3.37. The minimum absolute atomic E-state index is 0.0317. The van der Waals surface area contributed by atoms with Crippen LogP contribution in [0, 0.1) is 11.3 Å². The molecule has 2 heterocycles. The van der Waals surface area contributed by atoms with Gasteiger partial charge in [-0.25, -0.2) is 9.48 Å². The van der Waals surface area contributed by atoms with E-state index >= 15 is 0 Å². The Balaban J connectivity index is 1.80. The summed E-state index contributed by atoms with van der Waals surface area (Å²) < 4.78 is 3.38. The van der Waals surface area contributed by atoms with E-state index in [2.05, 4.69) is 16.1 Å². The number of aromatic nitrogens is 3. The normalized spacial score (nSPS) is 16.2. The Morgan fingerprint density at radius 3 is 2.58 bits per heavy atom. The van der Waals surface area contributed by atoms with Gasteiger partial charge in [0.1, 0.15) is 5.82 Å². The van der Waals surface area contributed by atoms with Crippen LogP contribution in [0.4, 0.5) is 0 Å². The standard InChI is InChI=1S/C18H23N5O/c1-2-22-17(16-8-11-21(12-9-16)13-10-19)20-23(18(22)24)14-15-6-4-3-5-7-15/h3-7,16H,2,8-9,11-14H2,1H3. The molecule has 24 heavy (non-hydrogen) atoms. The number of piperidine rings is 1. The van der Waals surface area contributed by atoms with Crippen LogP contribution in [0.25, 0.3) is 0 Å². The minimum atomic E-state index is -0.0317. The highest BCUT2D eigenvalue weighted by Gasteiger charge is 2.26. The summed E-state index contributed by atoms with van der Waals surface area (Å²) in [5, 5.41) is 13.5. The van der Waals surface area contributed by atoms with E-state index in [9.17, 15) is 4.79 Å². The molecule has 1 aromatic heterocycles. The second kappa shape index (κ2) is 7.45. The van der Waals surface area contributed by atoms with Gasteiger partial charge in [-0.1, -0.05) is 30.3 Å². The minimum Gasteiger partial charge on any atom is -0.291 e. The molecule has 1 aliphatic rings. The van der Waals surface area contributed by atoms with Crippen LogP contribution in [0.2, 0.25) is 0 Å². The Morgan fingerprint density at radius 1 is 1.25 bits per heavy atom. The highest BCUT2D eigenvalue weighted by molar-refractivity contribution is 5.15. The van der Waals surface area contributed by atoms with Gasteiger partial charge in [-0.05, 0) is 38.4 Å². The first-order valence-corrected chi connectivity index (χ1v) is 8.53. The molecule has 0 amide bonds. The lowest BCUT2D eigenvalue weighted by atomic mass is 9.96. The van der Waals surface area contributed by atoms with E-state index < -0.39 is 0 Å². The second-order valence-corrected chi connectivity index (χ2v) is 6.24.